The monoisotopic (exact) mass is 256 g/mol. The van der Waals surface area contributed by atoms with Crippen LogP contribution in [0.3, 0.4) is 0 Å². The van der Waals surface area contributed by atoms with Gasteiger partial charge >= 0.3 is 11.9 Å². The van der Waals surface area contributed by atoms with Crippen molar-refractivity contribution in [3.63, 3.8) is 0 Å². The van der Waals surface area contributed by atoms with Crippen LogP contribution in [-0.4, -0.2) is 26.5 Å². The summed E-state index contributed by atoms with van der Waals surface area (Å²) in [5, 5.41) is 17.6. The second-order valence-electron chi connectivity index (χ2n) is 4.22. The third-order valence-electron chi connectivity index (χ3n) is 2.30. The maximum Gasteiger partial charge on any atom is 0.340 e. The molecule has 2 N–H and O–H groups in total. The van der Waals surface area contributed by atoms with E-state index < -0.39 is 27.6 Å². The summed E-state index contributed by atoms with van der Waals surface area (Å²) in [6, 6.07) is 0. The largest absolute Gasteiger partial charge is 0.481 e. The van der Waals surface area contributed by atoms with Crippen LogP contribution in [0.15, 0.2) is 0 Å². The van der Waals surface area contributed by atoms with Gasteiger partial charge in [0.25, 0.3) is 0 Å². The minimum absolute atomic E-state index is 0.0850. The number of rotatable bonds is 5. The first-order chi connectivity index (χ1) is 6.51. The Morgan fingerprint density at radius 2 is 1.60 bits per heavy atom. The van der Waals surface area contributed by atoms with Crippen LogP contribution in [0.25, 0.3) is 0 Å². The Morgan fingerprint density at radius 3 is 1.87 bits per heavy atom. The molecule has 0 amide bonds. The molecule has 88 valence electrons. The van der Waals surface area contributed by atoms with Crippen molar-refractivity contribution < 1.29 is 19.8 Å². The molecule has 0 heterocycles. The molecule has 0 aromatic carbocycles. The van der Waals surface area contributed by atoms with E-state index in [4.69, 9.17) is 33.4 Å². The number of aliphatic carboxylic acids is 2. The average molecular weight is 257 g/mol. The zero-order valence-electron chi connectivity index (χ0n) is 8.75. The predicted molar refractivity (Wildman–Crippen MR) is 57.3 cm³/mol. The lowest BCUT2D eigenvalue weighted by Crippen LogP contribution is -2.38. The smallest absolute Gasteiger partial charge is 0.340 e. The van der Waals surface area contributed by atoms with Gasteiger partial charge in [0, 0.05) is 5.92 Å². The fraction of sp³-hybridized carbons (Fsp3) is 0.778. The van der Waals surface area contributed by atoms with E-state index in [9.17, 15) is 9.59 Å². The number of hydrogen-bond donors (Lipinski definition) is 2. The quantitative estimate of drug-likeness (QED) is 0.741. The zero-order valence-corrected chi connectivity index (χ0v) is 10.3. The summed E-state index contributed by atoms with van der Waals surface area (Å²) in [6.45, 7) is 4.51. The molecule has 0 aromatic heterocycles. The fourth-order valence-electron chi connectivity index (χ4n) is 1.19. The summed E-state index contributed by atoms with van der Waals surface area (Å²) < 4.78 is -1.95. The molecule has 0 rings (SSSR count). The highest BCUT2D eigenvalue weighted by molar-refractivity contribution is 6.57. The molecule has 0 radical (unpaired) electrons. The molecule has 0 aliphatic rings. The van der Waals surface area contributed by atoms with Gasteiger partial charge in [-0.1, -0.05) is 30.1 Å². The third-order valence-corrected chi connectivity index (χ3v) is 3.37. The van der Waals surface area contributed by atoms with E-state index in [-0.39, 0.29) is 6.42 Å². The second-order valence-corrected chi connectivity index (χ2v) is 5.61. The van der Waals surface area contributed by atoms with E-state index in [2.05, 4.69) is 0 Å². The van der Waals surface area contributed by atoms with Crippen molar-refractivity contribution >= 4 is 35.1 Å². The summed E-state index contributed by atoms with van der Waals surface area (Å²) >= 11 is 11.2. The van der Waals surface area contributed by atoms with E-state index in [1.54, 1.807) is 0 Å². The Kier molecular flexibility index (Phi) is 4.43. The summed E-state index contributed by atoms with van der Waals surface area (Å²) in [6.07, 6.45) is 0.0850. The van der Waals surface area contributed by atoms with Gasteiger partial charge in [0.05, 0.1) is 5.41 Å². The summed E-state index contributed by atoms with van der Waals surface area (Å²) in [5.74, 6) is -3.03. The van der Waals surface area contributed by atoms with E-state index in [1.165, 1.54) is 20.8 Å². The number of carboxylic acid groups (broad SMARTS) is 2. The normalized spacial score (nSPS) is 14.7. The lowest BCUT2D eigenvalue weighted by atomic mass is 9.82. The molecule has 1 unspecified atom stereocenters. The highest BCUT2D eigenvalue weighted by Crippen LogP contribution is 2.38. The molecule has 0 bridgehead atoms. The molecule has 0 aliphatic heterocycles. The van der Waals surface area contributed by atoms with Crippen molar-refractivity contribution in [1.82, 2.24) is 0 Å². The van der Waals surface area contributed by atoms with E-state index >= 15 is 0 Å². The van der Waals surface area contributed by atoms with Crippen LogP contribution >= 0.6 is 23.2 Å². The van der Waals surface area contributed by atoms with Crippen molar-refractivity contribution in [3.8, 4) is 0 Å². The number of carbonyl (C=O) groups is 2. The van der Waals surface area contributed by atoms with Crippen molar-refractivity contribution in [2.24, 2.45) is 11.3 Å². The van der Waals surface area contributed by atoms with Crippen LogP contribution < -0.4 is 0 Å². The Morgan fingerprint density at radius 1 is 1.20 bits per heavy atom. The van der Waals surface area contributed by atoms with E-state index in [0.717, 1.165) is 0 Å². The van der Waals surface area contributed by atoms with Gasteiger partial charge in [0.2, 0.25) is 4.33 Å². The molecule has 0 aliphatic carbocycles. The predicted octanol–water partition coefficient (Wildman–Crippen LogP) is 2.38. The Hall–Kier alpha value is -0.480. The standard InChI is InChI=1S/C9H14Cl2O4/c1-5(9(10,11)7(14)15)4-8(2,3)6(12)13/h5H,4H2,1-3H3,(H,12,13)(H,14,15). The lowest BCUT2D eigenvalue weighted by Gasteiger charge is -2.28. The second kappa shape index (κ2) is 4.58. The third kappa shape index (κ3) is 3.54. The minimum Gasteiger partial charge on any atom is -0.481 e. The highest BCUT2D eigenvalue weighted by Gasteiger charge is 2.43. The van der Waals surface area contributed by atoms with Crippen molar-refractivity contribution in [2.45, 2.75) is 31.5 Å². The highest BCUT2D eigenvalue weighted by atomic mass is 35.5. The van der Waals surface area contributed by atoms with Crippen LogP contribution in [0.1, 0.15) is 27.2 Å². The van der Waals surface area contributed by atoms with Gasteiger partial charge in [0.15, 0.2) is 0 Å². The summed E-state index contributed by atoms with van der Waals surface area (Å²) in [5.41, 5.74) is -1.05. The molecular formula is C9H14Cl2O4. The van der Waals surface area contributed by atoms with Gasteiger partial charge in [-0.3, -0.25) is 4.79 Å². The van der Waals surface area contributed by atoms with Gasteiger partial charge in [-0.25, -0.2) is 4.79 Å². The van der Waals surface area contributed by atoms with Gasteiger partial charge in [-0.15, -0.1) is 0 Å². The van der Waals surface area contributed by atoms with Crippen LogP contribution in [0.4, 0.5) is 0 Å². The molecule has 0 fully saturated rings. The maximum absolute atomic E-state index is 10.8. The molecule has 1 atom stereocenters. The van der Waals surface area contributed by atoms with E-state index in [0.29, 0.717) is 0 Å². The van der Waals surface area contributed by atoms with Gasteiger partial charge < -0.3 is 10.2 Å². The van der Waals surface area contributed by atoms with Crippen LogP contribution in [-0.2, 0) is 9.59 Å². The van der Waals surface area contributed by atoms with E-state index in [1.807, 2.05) is 0 Å². The molecule has 0 saturated heterocycles. The number of halogens is 2. The lowest BCUT2D eigenvalue weighted by molar-refractivity contribution is -0.149. The molecular weight excluding hydrogens is 243 g/mol. The summed E-state index contributed by atoms with van der Waals surface area (Å²) in [4.78, 5) is 21.5. The van der Waals surface area contributed by atoms with Crippen LogP contribution in [0.2, 0.25) is 0 Å². The molecule has 6 heteroatoms. The zero-order chi connectivity index (χ0) is 12.4. The minimum atomic E-state index is -1.95. The average Bonchev–Trinajstić information content (AvgIpc) is 2.02. The van der Waals surface area contributed by atoms with Gasteiger partial charge in [-0.05, 0) is 20.3 Å². The first-order valence-corrected chi connectivity index (χ1v) is 5.12. The Labute approximate surface area is 98.2 Å². The number of hydrogen-bond acceptors (Lipinski definition) is 2. The molecule has 0 aromatic rings. The summed E-state index contributed by atoms with van der Waals surface area (Å²) in [7, 11) is 0. The first-order valence-electron chi connectivity index (χ1n) is 4.36. The van der Waals surface area contributed by atoms with Crippen LogP contribution in [0.5, 0.6) is 0 Å². The van der Waals surface area contributed by atoms with Crippen molar-refractivity contribution in [2.75, 3.05) is 0 Å². The van der Waals surface area contributed by atoms with Crippen molar-refractivity contribution in [1.29, 1.82) is 0 Å². The molecule has 0 spiro atoms. The Balaban J connectivity index is 4.70. The number of carboxylic acids is 2. The molecule has 15 heavy (non-hydrogen) atoms. The topological polar surface area (TPSA) is 74.6 Å². The van der Waals surface area contributed by atoms with Crippen molar-refractivity contribution in [3.05, 3.63) is 0 Å². The molecule has 4 nitrogen and oxygen atoms in total. The van der Waals surface area contributed by atoms with Gasteiger partial charge in [-0.2, -0.15) is 0 Å². The molecule has 0 saturated carbocycles. The fourth-order valence-corrected chi connectivity index (χ4v) is 1.35. The Bertz CT molecular complexity index is 273. The first kappa shape index (κ1) is 14.5. The SMILES string of the molecule is CC(CC(C)(C)C(=O)O)C(Cl)(Cl)C(=O)O. The van der Waals surface area contributed by atoms with Gasteiger partial charge in [0.1, 0.15) is 0 Å². The number of alkyl halides is 2. The maximum atomic E-state index is 10.8. The van der Waals surface area contributed by atoms with Crippen LogP contribution in [0, 0.1) is 11.3 Å².